The van der Waals surface area contributed by atoms with Gasteiger partial charge in [0.15, 0.2) is 6.10 Å². The highest BCUT2D eigenvalue weighted by Gasteiger charge is 2.15. The monoisotopic (exact) mass is 288 g/mol. The van der Waals surface area contributed by atoms with Gasteiger partial charge < -0.3 is 5.11 Å². The van der Waals surface area contributed by atoms with Crippen LogP contribution >= 0.6 is 11.6 Å². The first kappa shape index (κ1) is 14.2. The zero-order chi connectivity index (χ0) is 14.4. The number of nitrogens with zero attached hydrogens (tertiary/aromatic N) is 1. The Labute approximate surface area is 121 Å². The summed E-state index contributed by atoms with van der Waals surface area (Å²) in [5.74, 6) is -0.598. The van der Waals surface area contributed by atoms with E-state index < -0.39 is 12.0 Å². The summed E-state index contributed by atoms with van der Waals surface area (Å²) < 4.78 is 0. The molecule has 0 heterocycles. The molecule has 1 atom stereocenters. The van der Waals surface area contributed by atoms with Gasteiger partial charge in [0.2, 0.25) is 0 Å². The first-order valence-corrected chi connectivity index (χ1v) is 6.37. The summed E-state index contributed by atoms with van der Waals surface area (Å²) in [6.45, 7) is 0. The summed E-state index contributed by atoms with van der Waals surface area (Å²) in [7, 11) is 0. The van der Waals surface area contributed by atoms with Crippen molar-refractivity contribution in [2.75, 3.05) is 0 Å². The zero-order valence-corrected chi connectivity index (χ0v) is 11.3. The Bertz CT molecular complexity index is 614. The number of carbonyl (C=O) groups excluding carboxylic acids is 1. The van der Waals surface area contributed by atoms with Crippen molar-refractivity contribution in [2.45, 2.75) is 6.10 Å². The minimum Gasteiger partial charge on any atom is -0.378 e. The second-order valence-corrected chi connectivity index (χ2v) is 4.48. The molecule has 0 aromatic heterocycles. The number of halogens is 1. The maximum Gasteiger partial charge on any atom is 0.273 e. The largest absolute Gasteiger partial charge is 0.378 e. The topological polar surface area (TPSA) is 61.7 Å². The van der Waals surface area contributed by atoms with E-state index in [1.54, 1.807) is 42.5 Å². The molecule has 4 nitrogen and oxygen atoms in total. The number of hydrogen-bond acceptors (Lipinski definition) is 3. The molecule has 1 unspecified atom stereocenters. The van der Waals surface area contributed by atoms with Gasteiger partial charge in [-0.15, -0.1) is 0 Å². The van der Waals surface area contributed by atoms with Crippen molar-refractivity contribution in [2.24, 2.45) is 5.10 Å². The van der Waals surface area contributed by atoms with Crippen LogP contribution in [0.1, 0.15) is 17.2 Å². The van der Waals surface area contributed by atoms with Crippen molar-refractivity contribution >= 4 is 23.7 Å². The van der Waals surface area contributed by atoms with Gasteiger partial charge in [0, 0.05) is 10.6 Å². The number of hydrogen-bond donors (Lipinski definition) is 2. The number of benzene rings is 2. The lowest BCUT2D eigenvalue weighted by molar-refractivity contribution is -0.129. The highest BCUT2D eigenvalue weighted by atomic mass is 35.5. The van der Waals surface area contributed by atoms with Crippen molar-refractivity contribution < 1.29 is 9.90 Å². The Hall–Kier alpha value is -2.17. The highest BCUT2D eigenvalue weighted by Crippen LogP contribution is 2.13. The molecule has 102 valence electrons. The molecule has 2 N–H and O–H groups in total. The Balaban J connectivity index is 1.97. The molecule has 0 spiro atoms. The molecule has 2 aromatic carbocycles. The van der Waals surface area contributed by atoms with E-state index in [0.717, 1.165) is 0 Å². The van der Waals surface area contributed by atoms with Crippen LogP contribution in [0.25, 0.3) is 0 Å². The molecule has 0 aliphatic carbocycles. The lowest BCUT2D eigenvalue weighted by atomic mass is 10.1. The molecule has 1 amide bonds. The third-order valence-corrected chi connectivity index (χ3v) is 2.99. The summed E-state index contributed by atoms with van der Waals surface area (Å²) >= 11 is 5.94. The van der Waals surface area contributed by atoms with Gasteiger partial charge in [0.1, 0.15) is 0 Å². The van der Waals surface area contributed by atoms with Crippen molar-refractivity contribution in [1.82, 2.24) is 5.43 Å². The number of hydrazone groups is 1. The minimum absolute atomic E-state index is 0.512. The van der Waals surface area contributed by atoms with E-state index >= 15 is 0 Å². The number of nitrogens with one attached hydrogen (secondary N) is 1. The number of rotatable bonds is 4. The molecule has 2 rings (SSSR count). The maximum absolute atomic E-state index is 11.7. The van der Waals surface area contributed by atoms with Gasteiger partial charge in [-0.25, -0.2) is 5.43 Å². The van der Waals surface area contributed by atoms with Crippen LogP contribution in [0, 0.1) is 0 Å². The number of aliphatic hydroxyl groups is 1. The first-order valence-electron chi connectivity index (χ1n) is 5.99. The van der Waals surface area contributed by atoms with Crippen LogP contribution in [0.4, 0.5) is 0 Å². The Morgan fingerprint density at radius 3 is 2.50 bits per heavy atom. The Morgan fingerprint density at radius 1 is 1.15 bits per heavy atom. The lowest BCUT2D eigenvalue weighted by Crippen LogP contribution is -2.25. The molecule has 0 saturated heterocycles. The van der Waals surface area contributed by atoms with E-state index in [-0.39, 0.29) is 0 Å². The van der Waals surface area contributed by atoms with Gasteiger partial charge >= 0.3 is 0 Å². The van der Waals surface area contributed by atoms with Gasteiger partial charge in [-0.05, 0) is 11.6 Å². The average molecular weight is 289 g/mol. The highest BCUT2D eigenvalue weighted by molar-refractivity contribution is 6.33. The third kappa shape index (κ3) is 3.66. The van der Waals surface area contributed by atoms with Gasteiger partial charge in [0.25, 0.3) is 5.91 Å². The summed E-state index contributed by atoms with van der Waals surface area (Å²) in [5.41, 5.74) is 3.47. The second kappa shape index (κ2) is 6.84. The Kier molecular flexibility index (Phi) is 4.87. The van der Waals surface area contributed by atoms with Crippen LogP contribution in [0.2, 0.25) is 5.02 Å². The normalized spacial score (nSPS) is 12.3. The number of aliphatic hydroxyl groups excluding tert-OH is 1. The standard InChI is InChI=1S/C15H13ClN2O2/c16-13-9-5-4-8-12(13)10-17-18-15(20)14(19)11-6-2-1-3-7-11/h1-10,14,19H,(H,18,20)/b17-10+. The minimum atomic E-state index is -1.25. The van der Waals surface area contributed by atoms with E-state index in [4.69, 9.17) is 11.6 Å². The number of carbonyl (C=O) groups is 1. The fourth-order valence-corrected chi connectivity index (χ4v) is 1.78. The predicted molar refractivity (Wildman–Crippen MR) is 78.6 cm³/mol. The molecule has 0 saturated carbocycles. The van der Waals surface area contributed by atoms with Crippen molar-refractivity contribution in [3.63, 3.8) is 0 Å². The van der Waals surface area contributed by atoms with E-state index in [1.165, 1.54) is 6.21 Å². The van der Waals surface area contributed by atoms with E-state index in [0.29, 0.717) is 16.1 Å². The third-order valence-electron chi connectivity index (χ3n) is 2.65. The van der Waals surface area contributed by atoms with E-state index in [9.17, 15) is 9.90 Å². The second-order valence-electron chi connectivity index (χ2n) is 4.07. The first-order chi connectivity index (χ1) is 9.68. The molecular formula is C15H13ClN2O2. The van der Waals surface area contributed by atoms with Gasteiger partial charge in [-0.3, -0.25) is 4.79 Å². The summed E-state index contributed by atoms with van der Waals surface area (Å²) in [6.07, 6.45) is 0.178. The Morgan fingerprint density at radius 2 is 1.80 bits per heavy atom. The van der Waals surface area contributed by atoms with E-state index in [1.807, 2.05) is 12.1 Å². The fraction of sp³-hybridized carbons (Fsp3) is 0.0667. The van der Waals surface area contributed by atoms with Gasteiger partial charge in [0.05, 0.1) is 6.21 Å². The molecule has 5 heteroatoms. The summed E-state index contributed by atoms with van der Waals surface area (Å²) in [5, 5.41) is 14.1. The molecule has 20 heavy (non-hydrogen) atoms. The van der Waals surface area contributed by atoms with Crippen molar-refractivity contribution in [3.8, 4) is 0 Å². The van der Waals surface area contributed by atoms with Crippen LogP contribution in [-0.2, 0) is 4.79 Å². The SMILES string of the molecule is O=C(N/N=C/c1ccccc1Cl)C(O)c1ccccc1. The quantitative estimate of drug-likeness (QED) is 0.671. The molecule has 0 bridgehead atoms. The molecule has 0 aliphatic heterocycles. The van der Waals surface area contributed by atoms with Crippen LogP contribution < -0.4 is 5.43 Å². The van der Waals surface area contributed by atoms with Gasteiger partial charge in [-0.2, -0.15) is 5.10 Å². The maximum atomic E-state index is 11.7. The van der Waals surface area contributed by atoms with Crippen LogP contribution in [0.5, 0.6) is 0 Å². The molecule has 0 fully saturated rings. The molecular weight excluding hydrogens is 276 g/mol. The average Bonchev–Trinajstić information content (AvgIpc) is 2.49. The van der Waals surface area contributed by atoms with Crippen molar-refractivity contribution in [3.05, 3.63) is 70.7 Å². The zero-order valence-electron chi connectivity index (χ0n) is 10.5. The van der Waals surface area contributed by atoms with E-state index in [2.05, 4.69) is 10.5 Å². The predicted octanol–water partition coefficient (Wildman–Crippen LogP) is 2.52. The van der Waals surface area contributed by atoms with Crippen LogP contribution in [0.3, 0.4) is 0 Å². The smallest absolute Gasteiger partial charge is 0.273 e. The van der Waals surface area contributed by atoms with Crippen LogP contribution in [-0.4, -0.2) is 17.2 Å². The molecule has 0 aliphatic rings. The van der Waals surface area contributed by atoms with Gasteiger partial charge in [-0.1, -0.05) is 60.1 Å². The lowest BCUT2D eigenvalue weighted by Gasteiger charge is -2.08. The molecule has 2 aromatic rings. The van der Waals surface area contributed by atoms with Crippen molar-refractivity contribution in [1.29, 1.82) is 0 Å². The van der Waals surface area contributed by atoms with Crippen LogP contribution in [0.15, 0.2) is 59.7 Å². The summed E-state index contributed by atoms with van der Waals surface area (Å²) in [4.78, 5) is 11.7. The summed E-state index contributed by atoms with van der Waals surface area (Å²) in [6, 6.07) is 15.8. The fourth-order valence-electron chi connectivity index (χ4n) is 1.59. The molecule has 0 radical (unpaired) electrons. The number of amides is 1.